The molecule has 3 atom stereocenters. The molecule has 2 heterocycles. The van der Waals surface area contributed by atoms with Crippen LogP contribution in [-0.4, -0.2) is 43.8 Å². The van der Waals surface area contributed by atoms with E-state index in [4.69, 9.17) is 11.6 Å². The molecule has 33 heavy (non-hydrogen) atoms. The molecule has 0 unspecified atom stereocenters. The van der Waals surface area contributed by atoms with Gasteiger partial charge in [-0.1, -0.05) is 18.0 Å². The second-order valence-corrected chi connectivity index (χ2v) is 13.3. The standard InChI is InChI=1S/C24H30ClN3O3S2/c25-19-5-3-17(4-6-19)24(29)26-15-21-7-8-23(32-21)33(30,31)28-11-9-20(10-12-28)27-22-14-16-1-2-18(22)13-16/h3-8,16,18,20,22,27H,1-2,9-15H2,(H,26,29)/t16-,18+,22+/m0/s1. The third-order valence-electron chi connectivity index (χ3n) is 7.40. The first-order valence-electron chi connectivity index (χ1n) is 11.8. The van der Waals surface area contributed by atoms with Crippen molar-refractivity contribution in [3.05, 3.63) is 51.9 Å². The van der Waals surface area contributed by atoms with Gasteiger partial charge in [-0.2, -0.15) is 4.31 Å². The van der Waals surface area contributed by atoms with Gasteiger partial charge in [-0.05, 0) is 80.3 Å². The maximum Gasteiger partial charge on any atom is 0.252 e. The Morgan fingerprint density at radius 3 is 2.45 bits per heavy atom. The zero-order valence-corrected chi connectivity index (χ0v) is 20.9. The quantitative estimate of drug-likeness (QED) is 0.587. The van der Waals surface area contributed by atoms with E-state index >= 15 is 0 Å². The summed E-state index contributed by atoms with van der Waals surface area (Å²) in [4.78, 5) is 13.1. The average molecular weight is 508 g/mol. The summed E-state index contributed by atoms with van der Waals surface area (Å²) < 4.78 is 28.3. The number of sulfonamides is 1. The molecule has 6 nitrogen and oxygen atoms in total. The van der Waals surface area contributed by atoms with E-state index in [1.54, 1.807) is 40.7 Å². The fourth-order valence-electron chi connectivity index (χ4n) is 5.60. The van der Waals surface area contributed by atoms with E-state index in [1.807, 2.05) is 0 Å². The number of nitrogens with zero attached hydrogens (tertiary/aromatic N) is 1. The molecule has 3 aliphatic rings. The van der Waals surface area contributed by atoms with Crippen molar-refractivity contribution in [2.75, 3.05) is 13.1 Å². The van der Waals surface area contributed by atoms with E-state index in [0.29, 0.717) is 40.0 Å². The molecule has 0 spiro atoms. The predicted octanol–water partition coefficient (Wildman–Crippen LogP) is 4.26. The molecule has 5 rings (SSSR count). The van der Waals surface area contributed by atoms with Gasteiger partial charge < -0.3 is 10.6 Å². The van der Waals surface area contributed by atoms with Crippen LogP contribution in [0.2, 0.25) is 5.02 Å². The summed E-state index contributed by atoms with van der Waals surface area (Å²) >= 11 is 7.09. The zero-order chi connectivity index (χ0) is 23.0. The number of benzene rings is 1. The monoisotopic (exact) mass is 507 g/mol. The minimum absolute atomic E-state index is 0.213. The molecular formula is C24H30ClN3O3S2. The number of amides is 1. The lowest BCUT2D eigenvalue weighted by atomic mass is 9.93. The summed E-state index contributed by atoms with van der Waals surface area (Å²) in [6, 6.07) is 11.2. The number of rotatable bonds is 7. The smallest absolute Gasteiger partial charge is 0.252 e. The van der Waals surface area contributed by atoms with Crippen molar-refractivity contribution < 1.29 is 13.2 Å². The molecule has 2 aliphatic carbocycles. The number of fused-ring (bicyclic) bond motifs is 2. The van der Waals surface area contributed by atoms with Gasteiger partial charge in [0.05, 0.1) is 6.54 Å². The van der Waals surface area contributed by atoms with Crippen molar-refractivity contribution in [2.45, 2.75) is 61.4 Å². The molecule has 1 aliphatic heterocycles. The Labute approximate surface area is 204 Å². The summed E-state index contributed by atoms with van der Waals surface area (Å²) in [6.07, 6.45) is 7.16. The molecule has 0 radical (unpaired) electrons. The number of hydrogen-bond donors (Lipinski definition) is 2. The van der Waals surface area contributed by atoms with Crippen molar-refractivity contribution in [3.63, 3.8) is 0 Å². The van der Waals surface area contributed by atoms with Crippen LogP contribution in [-0.2, 0) is 16.6 Å². The summed E-state index contributed by atoms with van der Waals surface area (Å²) in [7, 11) is -3.50. The molecule has 9 heteroatoms. The van der Waals surface area contributed by atoms with Gasteiger partial charge >= 0.3 is 0 Å². The number of hydrogen-bond acceptors (Lipinski definition) is 5. The Kier molecular flexibility index (Phi) is 6.82. The number of halogens is 1. The van der Waals surface area contributed by atoms with Crippen LogP contribution in [0, 0.1) is 11.8 Å². The Morgan fingerprint density at radius 2 is 1.79 bits per heavy atom. The van der Waals surface area contributed by atoms with Gasteiger partial charge in [-0.15, -0.1) is 11.3 Å². The molecule has 1 amide bonds. The molecule has 178 valence electrons. The van der Waals surface area contributed by atoms with Crippen LogP contribution in [0.3, 0.4) is 0 Å². The molecule has 2 aromatic rings. The molecule has 1 aromatic carbocycles. The lowest BCUT2D eigenvalue weighted by Gasteiger charge is -2.35. The van der Waals surface area contributed by atoms with E-state index in [1.165, 1.54) is 37.0 Å². The second-order valence-electron chi connectivity index (χ2n) is 9.54. The molecule has 2 saturated carbocycles. The van der Waals surface area contributed by atoms with Crippen LogP contribution in [0.5, 0.6) is 0 Å². The molecule has 2 N–H and O–H groups in total. The third kappa shape index (κ3) is 5.15. The highest BCUT2D eigenvalue weighted by molar-refractivity contribution is 7.91. The van der Waals surface area contributed by atoms with Crippen molar-refractivity contribution in [3.8, 4) is 0 Å². The number of thiophene rings is 1. The maximum absolute atomic E-state index is 13.2. The van der Waals surface area contributed by atoms with Gasteiger partial charge in [-0.25, -0.2) is 8.42 Å². The Balaban J connectivity index is 1.13. The van der Waals surface area contributed by atoms with Crippen LogP contribution in [0.25, 0.3) is 0 Å². The zero-order valence-electron chi connectivity index (χ0n) is 18.5. The van der Waals surface area contributed by atoms with E-state index in [9.17, 15) is 13.2 Å². The van der Waals surface area contributed by atoms with Gasteiger partial charge in [0.15, 0.2) is 0 Å². The molecule has 2 bridgehead atoms. The predicted molar refractivity (Wildman–Crippen MR) is 131 cm³/mol. The minimum Gasteiger partial charge on any atom is -0.347 e. The highest BCUT2D eigenvalue weighted by atomic mass is 35.5. The molecular weight excluding hydrogens is 478 g/mol. The fourth-order valence-corrected chi connectivity index (χ4v) is 8.65. The van der Waals surface area contributed by atoms with Crippen molar-refractivity contribution in [2.24, 2.45) is 11.8 Å². The number of carbonyl (C=O) groups is 1. The highest BCUT2D eigenvalue weighted by Gasteiger charge is 2.40. The second kappa shape index (κ2) is 9.66. The first-order chi connectivity index (χ1) is 15.9. The van der Waals surface area contributed by atoms with Crippen molar-refractivity contribution in [1.29, 1.82) is 0 Å². The summed E-state index contributed by atoms with van der Waals surface area (Å²) in [6.45, 7) is 1.40. The van der Waals surface area contributed by atoms with Crippen molar-refractivity contribution in [1.82, 2.24) is 14.9 Å². The lowest BCUT2D eigenvalue weighted by molar-refractivity contribution is 0.0951. The Bertz CT molecular complexity index is 1090. The van der Waals surface area contributed by atoms with E-state index < -0.39 is 10.0 Å². The van der Waals surface area contributed by atoms with Gasteiger partial charge in [0.25, 0.3) is 15.9 Å². The van der Waals surface area contributed by atoms with Gasteiger partial charge in [0.2, 0.25) is 0 Å². The largest absolute Gasteiger partial charge is 0.347 e. The third-order valence-corrected chi connectivity index (χ3v) is 11.1. The van der Waals surface area contributed by atoms with Crippen LogP contribution in [0.15, 0.2) is 40.6 Å². The molecule has 1 saturated heterocycles. The van der Waals surface area contributed by atoms with Gasteiger partial charge in [0, 0.05) is 40.6 Å². The fraction of sp³-hybridized carbons (Fsp3) is 0.542. The first-order valence-corrected chi connectivity index (χ1v) is 14.4. The van der Waals surface area contributed by atoms with Gasteiger partial charge in [0.1, 0.15) is 4.21 Å². The van der Waals surface area contributed by atoms with E-state index in [2.05, 4.69) is 10.6 Å². The normalized spacial score (nSPS) is 26.0. The number of carbonyl (C=O) groups excluding carboxylic acids is 1. The highest BCUT2D eigenvalue weighted by Crippen LogP contribution is 2.44. The van der Waals surface area contributed by atoms with Crippen LogP contribution < -0.4 is 10.6 Å². The summed E-state index contributed by atoms with van der Waals surface area (Å²) in [5.74, 6) is 1.54. The summed E-state index contributed by atoms with van der Waals surface area (Å²) in [5.41, 5.74) is 0.519. The van der Waals surface area contributed by atoms with Crippen LogP contribution >= 0.6 is 22.9 Å². The topological polar surface area (TPSA) is 78.5 Å². The lowest BCUT2D eigenvalue weighted by Crippen LogP contribution is -2.48. The van der Waals surface area contributed by atoms with Crippen molar-refractivity contribution >= 4 is 38.9 Å². The van der Waals surface area contributed by atoms with E-state index in [0.717, 1.165) is 29.6 Å². The molecule has 1 aromatic heterocycles. The Morgan fingerprint density at radius 1 is 1.03 bits per heavy atom. The van der Waals surface area contributed by atoms with Gasteiger partial charge in [-0.3, -0.25) is 4.79 Å². The van der Waals surface area contributed by atoms with Crippen LogP contribution in [0.4, 0.5) is 0 Å². The maximum atomic E-state index is 13.2. The molecule has 3 fully saturated rings. The Hall–Kier alpha value is -1.45. The SMILES string of the molecule is O=C(NCc1ccc(S(=O)(=O)N2CCC(N[C@@H]3C[C@H]4CC[C@@H]3C4)CC2)s1)c1ccc(Cl)cc1. The van der Waals surface area contributed by atoms with Crippen LogP contribution in [0.1, 0.15) is 53.8 Å². The summed E-state index contributed by atoms with van der Waals surface area (Å²) in [5, 5.41) is 7.26. The van der Waals surface area contributed by atoms with E-state index in [-0.39, 0.29) is 12.5 Å². The average Bonchev–Trinajstić information content (AvgIpc) is 3.56. The number of nitrogens with one attached hydrogen (secondary N) is 2. The number of piperidine rings is 1. The minimum atomic E-state index is -3.50. The first kappa shape index (κ1) is 23.3.